The second kappa shape index (κ2) is 6.74. The maximum absolute atomic E-state index is 11.7. The lowest BCUT2D eigenvalue weighted by molar-refractivity contribution is -0.121. The van der Waals surface area contributed by atoms with E-state index in [-0.39, 0.29) is 17.7 Å². The average Bonchev–Trinajstić information content (AvgIpc) is 2.53. The van der Waals surface area contributed by atoms with Crippen molar-refractivity contribution in [1.29, 1.82) is 0 Å². The van der Waals surface area contributed by atoms with Crippen molar-refractivity contribution >= 4 is 23.5 Å². The van der Waals surface area contributed by atoms with Gasteiger partial charge in [0.1, 0.15) is 0 Å². The van der Waals surface area contributed by atoms with Crippen LogP contribution in [-0.4, -0.2) is 41.8 Å². The Morgan fingerprint density at radius 1 is 1.38 bits per heavy atom. The minimum absolute atomic E-state index is 0.0411. The zero-order valence-corrected chi connectivity index (χ0v) is 10.3. The number of carbonyl (C=O) groups excluding carboxylic acids is 2. The van der Waals surface area contributed by atoms with Crippen LogP contribution in [0.25, 0.3) is 0 Å². The van der Waals surface area contributed by atoms with Gasteiger partial charge in [0.25, 0.3) is 0 Å². The molecule has 1 aliphatic rings. The van der Waals surface area contributed by atoms with Crippen LogP contribution >= 0.6 is 11.6 Å². The number of hydrogen-bond acceptors (Lipinski definition) is 3. The molecule has 4 nitrogen and oxygen atoms in total. The van der Waals surface area contributed by atoms with Gasteiger partial charge in [-0.1, -0.05) is 12.8 Å². The highest BCUT2D eigenvalue weighted by Gasteiger charge is 2.30. The summed E-state index contributed by atoms with van der Waals surface area (Å²) in [7, 11) is 0. The standard InChI is InChI=1S/C11H18ClNO3/c1-2-16-11(15)13-7-5-3-4-6-9(13)10(14)8-12/h9H,2-8H2,1H3. The summed E-state index contributed by atoms with van der Waals surface area (Å²) in [6, 6.07) is -0.390. The maximum Gasteiger partial charge on any atom is 0.410 e. The van der Waals surface area contributed by atoms with Crippen LogP contribution < -0.4 is 0 Å². The van der Waals surface area contributed by atoms with Gasteiger partial charge in [0, 0.05) is 6.54 Å². The summed E-state index contributed by atoms with van der Waals surface area (Å²) in [6.45, 7) is 2.68. The van der Waals surface area contributed by atoms with Crippen molar-refractivity contribution in [3.63, 3.8) is 0 Å². The van der Waals surface area contributed by atoms with Gasteiger partial charge < -0.3 is 4.74 Å². The zero-order chi connectivity index (χ0) is 12.0. The van der Waals surface area contributed by atoms with Crippen LogP contribution in [0, 0.1) is 0 Å². The van der Waals surface area contributed by atoms with Crippen molar-refractivity contribution in [3.8, 4) is 0 Å². The third kappa shape index (κ3) is 3.37. The lowest BCUT2D eigenvalue weighted by Gasteiger charge is -2.27. The first kappa shape index (κ1) is 13.3. The van der Waals surface area contributed by atoms with E-state index >= 15 is 0 Å². The van der Waals surface area contributed by atoms with Crippen LogP contribution in [0.2, 0.25) is 0 Å². The van der Waals surface area contributed by atoms with Gasteiger partial charge in [0.05, 0.1) is 18.5 Å². The summed E-state index contributed by atoms with van der Waals surface area (Å²) < 4.78 is 4.95. The Labute approximate surface area is 101 Å². The molecule has 1 unspecified atom stereocenters. The number of amides is 1. The highest BCUT2D eigenvalue weighted by atomic mass is 35.5. The molecule has 5 heteroatoms. The smallest absolute Gasteiger partial charge is 0.410 e. The number of halogens is 1. The molecule has 0 aromatic carbocycles. The molecule has 1 atom stereocenters. The molecule has 0 bridgehead atoms. The summed E-state index contributed by atoms with van der Waals surface area (Å²) in [4.78, 5) is 24.9. The molecule has 0 radical (unpaired) electrons. The molecule has 0 saturated carbocycles. The topological polar surface area (TPSA) is 46.6 Å². The largest absolute Gasteiger partial charge is 0.450 e. The van der Waals surface area contributed by atoms with Gasteiger partial charge in [-0.25, -0.2) is 4.79 Å². The van der Waals surface area contributed by atoms with E-state index in [9.17, 15) is 9.59 Å². The second-order valence-electron chi connectivity index (χ2n) is 3.86. The molecular weight excluding hydrogens is 230 g/mol. The molecule has 0 aromatic heterocycles. The van der Waals surface area contributed by atoms with Crippen LogP contribution in [0.4, 0.5) is 4.79 Å². The van der Waals surface area contributed by atoms with Gasteiger partial charge in [-0.3, -0.25) is 9.69 Å². The molecule has 0 aromatic rings. The summed E-state index contributed by atoms with van der Waals surface area (Å²) >= 11 is 5.56. The number of carbonyl (C=O) groups is 2. The van der Waals surface area contributed by atoms with Crippen molar-refractivity contribution in [1.82, 2.24) is 4.90 Å². The molecule has 1 amide bonds. The Hall–Kier alpha value is -0.770. The van der Waals surface area contributed by atoms with Crippen molar-refractivity contribution in [2.45, 2.75) is 38.6 Å². The molecule has 1 saturated heterocycles. The van der Waals surface area contributed by atoms with E-state index in [1.807, 2.05) is 0 Å². The monoisotopic (exact) mass is 247 g/mol. The fourth-order valence-electron chi connectivity index (χ4n) is 1.96. The quantitative estimate of drug-likeness (QED) is 0.719. The van der Waals surface area contributed by atoms with E-state index in [1.165, 1.54) is 4.90 Å². The van der Waals surface area contributed by atoms with E-state index in [4.69, 9.17) is 16.3 Å². The first-order valence-corrected chi connectivity index (χ1v) is 6.26. The van der Waals surface area contributed by atoms with Crippen molar-refractivity contribution in [2.75, 3.05) is 19.0 Å². The van der Waals surface area contributed by atoms with Gasteiger partial charge in [-0.05, 0) is 19.8 Å². The van der Waals surface area contributed by atoms with Gasteiger partial charge in [0.15, 0.2) is 5.78 Å². The Kier molecular flexibility index (Phi) is 5.60. The number of ketones is 1. The SMILES string of the molecule is CCOC(=O)N1CCCCCC1C(=O)CCl. The molecule has 1 rings (SSSR count). The second-order valence-corrected chi connectivity index (χ2v) is 4.12. The number of ether oxygens (including phenoxy) is 1. The number of rotatable bonds is 3. The van der Waals surface area contributed by atoms with E-state index in [2.05, 4.69) is 0 Å². The van der Waals surface area contributed by atoms with E-state index in [0.29, 0.717) is 19.6 Å². The zero-order valence-electron chi connectivity index (χ0n) is 9.58. The van der Waals surface area contributed by atoms with Crippen LogP contribution in [0.3, 0.4) is 0 Å². The molecule has 0 spiro atoms. The Morgan fingerprint density at radius 2 is 2.12 bits per heavy atom. The molecule has 1 heterocycles. The Bertz CT molecular complexity index is 258. The summed E-state index contributed by atoms with van der Waals surface area (Å²) in [6.07, 6.45) is 3.23. The fourth-order valence-corrected chi connectivity index (χ4v) is 2.14. The number of nitrogens with zero attached hydrogens (tertiary/aromatic N) is 1. The van der Waals surface area contributed by atoms with Crippen molar-refractivity contribution in [2.24, 2.45) is 0 Å². The number of hydrogen-bond donors (Lipinski definition) is 0. The Morgan fingerprint density at radius 3 is 2.75 bits per heavy atom. The van der Waals surface area contributed by atoms with Crippen molar-refractivity contribution in [3.05, 3.63) is 0 Å². The Balaban J connectivity index is 2.72. The highest BCUT2D eigenvalue weighted by Crippen LogP contribution is 2.18. The van der Waals surface area contributed by atoms with Crippen LogP contribution in [0.15, 0.2) is 0 Å². The van der Waals surface area contributed by atoms with Gasteiger partial charge >= 0.3 is 6.09 Å². The number of Topliss-reactive ketones (excluding diaryl/α,β-unsaturated/α-hetero) is 1. The lowest BCUT2D eigenvalue weighted by Crippen LogP contribution is -2.45. The van der Waals surface area contributed by atoms with Crippen LogP contribution in [0.1, 0.15) is 32.6 Å². The average molecular weight is 248 g/mol. The van der Waals surface area contributed by atoms with Gasteiger partial charge in [-0.15, -0.1) is 11.6 Å². The molecule has 0 aliphatic carbocycles. The first-order chi connectivity index (χ1) is 7.70. The number of likely N-dealkylation sites (tertiary alicyclic amines) is 1. The van der Waals surface area contributed by atoms with E-state index in [1.54, 1.807) is 6.92 Å². The van der Waals surface area contributed by atoms with Gasteiger partial charge in [0.2, 0.25) is 0 Å². The minimum atomic E-state index is -0.395. The van der Waals surface area contributed by atoms with Crippen LogP contribution in [0.5, 0.6) is 0 Å². The maximum atomic E-state index is 11.7. The summed E-state index contributed by atoms with van der Waals surface area (Å²) in [5.41, 5.74) is 0. The number of alkyl halides is 1. The van der Waals surface area contributed by atoms with E-state index in [0.717, 1.165) is 19.3 Å². The van der Waals surface area contributed by atoms with Crippen molar-refractivity contribution < 1.29 is 14.3 Å². The third-order valence-corrected chi connectivity index (χ3v) is 3.02. The molecule has 16 heavy (non-hydrogen) atoms. The summed E-state index contributed by atoms with van der Waals surface area (Å²) in [5, 5.41) is 0. The summed E-state index contributed by atoms with van der Waals surface area (Å²) in [5.74, 6) is -0.128. The normalized spacial score (nSPS) is 21.4. The predicted molar refractivity (Wildman–Crippen MR) is 61.7 cm³/mol. The molecule has 1 fully saturated rings. The van der Waals surface area contributed by atoms with E-state index < -0.39 is 6.09 Å². The first-order valence-electron chi connectivity index (χ1n) is 5.72. The van der Waals surface area contributed by atoms with Crippen LogP contribution in [-0.2, 0) is 9.53 Å². The lowest BCUT2D eigenvalue weighted by atomic mass is 10.1. The molecule has 1 aliphatic heterocycles. The molecule has 92 valence electrons. The predicted octanol–water partition coefficient (Wildman–Crippen LogP) is 2.20. The molecular formula is C11H18ClNO3. The third-order valence-electron chi connectivity index (χ3n) is 2.76. The highest BCUT2D eigenvalue weighted by molar-refractivity contribution is 6.28. The van der Waals surface area contributed by atoms with Gasteiger partial charge in [-0.2, -0.15) is 0 Å². The minimum Gasteiger partial charge on any atom is -0.450 e. The fraction of sp³-hybridized carbons (Fsp3) is 0.818. The molecule has 0 N–H and O–H groups in total.